The maximum atomic E-state index is 13.0. The number of amides is 1. The lowest BCUT2D eigenvalue weighted by molar-refractivity contribution is -0.129. The third kappa shape index (κ3) is 3.12. The van der Waals surface area contributed by atoms with Gasteiger partial charge in [-0.3, -0.25) is 14.7 Å². The molecule has 1 aromatic carbocycles. The van der Waals surface area contributed by atoms with Gasteiger partial charge >= 0.3 is 0 Å². The minimum absolute atomic E-state index is 0.0290. The largest absolute Gasteiger partial charge is 0.342 e. The fraction of sp³-hybridized carbons (Fsp3) is 0.316. The van der Waals surface area contributed by atoms with E-state index in [-0.39, 0.29) is 29.6 Å². The van der Waals surface area contributed by atoms with Gasteiger partial charge in [0.2, 0.25) is 5.91 Å². The molecule has 134 valence electrons. The van der Waals surface area contributed by atoms with Gasteiger partial charge in [-0.2, -0.15) is 0 Å². The number of nitrogens with zero attached hydrogens (tertiary/aromatic N) is 3. The molecule has 1 aliphatic heterocycles. The summed E-state index contributed by atoms with van der Waals surface area (Å²) in [5.41, 5.74) is 2.86. The van der Waals surface area contributed by atoms with E-state index in [0.717, 1.165) is 17.7 Å². The Morgan fingerprint density at radius 3 is 2.85 bits per heavy atom. The van der Waals surface area contributed by atoms with Crippen LogP contribution in [0.4, 0.5) is 4.39 Å². The molecular formula is C19H19FN4O2. The molecule has 0 bridgehead atoms. The Kier molecular flexibility index (Phi) is 4.06. The zero-order valence-electron chi connectivity index (χ0n) is 14.4. The Hall–Kier alpha value is -2.96. The summed E-state index contributed by atoms with van der Waals surface area (Å²) in [6.07, 6.45) is 1.09. The van der Waals surface area contributed by atoms with E-state index in [4.69, 9.17) is 0 Å². The van der Waals surface area contributed by atoms with Crippen molar-refractivity contribution in [1.82, 2.24) is 19.5 Å². The molecule has 6 nitrogen and oxygen atoms in total. The first-order chi connectivity index (χ1) is 12.5. The molecule has 1 amide bonds. The van der Waals surface area contributed by atoms with Crippen molar-refractivity contribution in [2.75, 3.05) is 13.1 Å². The number of aromatic amines is 1. The lowest BCUT2D eigenvalue weighted by Gasteiger charge is -2.16. The zero-order valence-corrected chi connectivity index (χ0v) is 14.4. The number of hydrogen-bond acceptors (Lipinski definition) is 3. The van der Waals surface area contributed by atoms with E-state index in [1.807, 2.05) is 11.0 Å². The number of H-pyrrole nitrogens is 1. The fourth-order valence-corrected chi connectivity index (χ4v) is 3.47. The lowest BCUT2D eigenvalue weighted by atomic mass is 10.1. The zero-order chi connectivity index (χ0) is 18.3. The quantitative estimate of drug-likeness (QED) is 0.782. The summed E-state index contributed by atoms with van der Waals surface area (Å²) in [6, 6.07) is 9.38. The van der Waals surface area contributed by atoms with E-state index in [2.05, 4.69) is 10.1 Å². The predicted octanol–water partition coefficient (Wildman–Crippen LogP) is 2.03. The molecule has 4 rings (SSSR count). The number of halogens is 1. The number of carbonyl (C=O) groups is 1. The monoisotopic (exact) mass is 354 g/mol. The van der Waals surface area contributed by atoms with Crippen molar-refractivity contribution in [2.45, 2.75) is 25.7 Å². The molecule has 26 heavy (non-hydrogen) atoms. The van der Waals surface area contributed by atoms with Crippen molar-refractivity contribution < 1.29 is 9.18 Å². The van der Waals surface area contributed by atoms with Crippen LogP contribution in [0.25, 0.3) is 5.65 Å². The highest BCUT2D eigenvalue weighted by Gasteiger charge is 2.28. The van der Waals surface area contributed by atoms with Crippen LogP contribution >= 0.6 is 0 Å². The van der Waals surface area contributed by atoms with Crippen molar-refractivity contribution in [2.24, 2.45) is 0 Å². The third-order valence-electron chi connectivity index (χ3n) is 4.85. The molecule has 0 aliphatic carbocycles. The van der Waals surface area contributed by atoms with Crippen LogP contribution in [0.1, 0.15) is 29.3 Å². The van der Waals surface area contributed by atoms with Crippen LogP contribution in [0.15, 0.2) is 41.2 Å². The van der Waals surface area contributed by atoms with Crippen LogP contribution in [0.5, 0.6) is 0 Å². The minimum Gasteiger partial charge on any atom is -0.342 e. The molecule has 0 saturated carbocycles. The summed E-state index contributed by atoms with van der Waals surface area (Å²) in [5.74, 6) is -0.129. The van der Waals surface area contributed by atoms with Gasteiger partial charge in [-0.15, -0.1) is 0 Å². The maximum Gasteiger partial charge on any atom is 0.272 e. The molecular weight excluding hydrogens is 335 g/mol. The summed E-state index contributed by atoms with van der Waals surface area (Å²) in [4.78, 5) is 30.7. The van der Waals surface area contributed by atoms with Crippen molar-refractivity contribution in [3.05, 3.63) is 69.5 Å². The van der Waals surface area contributed by atoms with Gasteiger partial charge in [-0.25, -0.2) is 13.9 Å². The van der Waals surface area contributed by atoms with Crippen LogP contribution in [-0.2, 0) is 11.2 Å². The highest BCUT2D eigenvalue weighted by atomic mass is 19.1. The van der Waals surface area contributed by atoms with E-state index < -0.39 is 0 Å². The van der Waals surface area contributed by atoms with Gasteiger partial charge in [0.25, 0.3) is 5.56 Å². The average Bonchev–Trinajstić information content (AvgIpc) is 3.23. The van der Waals surface area contributed by atoms with Gasteiger partial charge in [0, 0.05) is 42.5 Å². The van der Waals surface area contributed by atoms with Gasteiger partial charge in [0.15, 0.2) is 5.65 Å². The normalized spacial score (nSPS) is 17.2. The van der Waals surface area contributed by atoms with Gasteiger partial charge < -0.3 is 4.90 Å². The van der Waals surface area contributed by atoms with Crippen molar-refractivity contribution in [1.29, 1.82) is 0 Å². The van der Waals surface area contributed by atoms with Crippen molar-refractivity contribution in [3.8, 4) is 0 Å². The number of hydrogen-bond donors (Lipinski definition) is 1. The molecule has 0 spiro atoms. The minimum atomic E-state index is -0.305. The predicted molar refractivity (Wildman–Crippen MR) is 94.6 cm³/mol. The third-order valence-corrected chi connectivity index (χ3v) is 4.85. The molecule has 1 aliphatic rings. The van der Waals surface area contributed by atoms with Crippen LogP contribution in [0.3, 0.4) is 0 Å². The highest BCUT2D eigenvalue weighted by Crippen LogP contribution is 2.27. The molecule has 3 heterocycles. The maximum absolute atomic E-state index is 13.0. The number of benzene rings is 1. The first kappa shape index (κ1) is 16.5. The average molecular weight is 354 g/mol. The summed E-state index contributed by atoms with van der Waals surface area (Å²) >= 11 is 0. The number of aryl methyl sites for hydroxylation is 1. The van der Waals surface area contributed by atoms with Crippen molar-refractivity contribution in [3.63, 3.8) is 0 Å². The standard InChI is InChI=1S/C19H19FN4O2/c1-12-8-19(26)24-17(21-12)10-16(22-24)14-6-7-23(11-14)18(25)9-13-2-4-15(20)5-3-13/h2-5,8,10,14,22H,6-7,9,11H2,1H3. The van der Waals surface area contributed by atoms with Gasteiger partial charge in [0.1, 0.15) is 5.82 Å². The Morgan fingerprint density at radius 2 is 2.08 bits per heavy atom. The number of fused-ring (bicyclic) bond motifs is 1. The fourth-order valence-electron chi connectivity index (χ4n) is 3.47. The number of rotatable bonds is 3. The number of nitrogens with one attached hydrogen (secondary N) is 1. The molecule has 1 N–H and O–H groups in total. The van der Waals surface area contributed by atoms with E-state index in [1.54, 1.807) is 19.1 Å². The van der Waals surface area contributed by atoms with E-state index in [0.29, 0.717) is 24.4 Å². The van der Waals surface area contributed by atoms with Gasteiger partial charge in [-0.05, 0) is 31.0 Å². The molecule has 1 unspecified atom stereocenters. The highest BCUT2D eigenvalue weighted by molar-refractivity contribution is 5.79. The molecule has 7 heteroatoms. The van der Waals surface area contributed by atoms with E-state index in [1.165, 1.54) is 22.7 Å². The first-order valence-electron chi connectivity index (χ1n) is 8.61. The van der Waals surface area contributed by atoms with Crippen LogP contribution in [0, 0.1) is 12.7 Å². The molecule has 3 aromatic rings. The van der Waals surface area contributed by atoms with Crippen LogP contribution < -0.4 is 5.56 Å². The Balaban J connectivity index is 1.48. The number of aromatic nitrogens is 3. The first-order valence-corrected chi connectivity index (χ1v) is 8.61. The summed E-state index contributed by atoms with van der Waals surface area (Å²) in [5, 5.41) is 3.11. The second kappa shape index (κ2) is 6.40. The van der Waals surface area contributed by atoms with E-state index >= 15 is 0 Å². The van der Waals surface area contributed by atoms with Gasteiger partial charge in [-0.1, -0.05) is 12.1 Å². The lowest BCUT2D eigenvalue weighted by Crippen LogP contribution is -2.29. The summed E-state index contributed by atoms with van der Waals surface area (Å²) in [6.45, 7) is 3.06. The van der Waals surface area contributed by atoms with Crippen molar-refractivity contribution >= 4 is 11.6 Å². The second-order valence-corrected chi connectivity index (χ2v) is 6.77. The van der Waals surface area contributed by atoms with Crippen LogP contribution in [-0.4, -0.2) is 38.5 Å². The SMILES string of the molecule is Cc1cc(=O)n2[nH]c(C3CCN(C(=O)Cc4ccc(F)cc4)C3)cc2n1. The topological polar surface area (TPSA) is 70.5 Å². The molecule has 1 saturated heterocycles. The van der Waals surface area contributed by atoms with Crippen LogP contribution in [0.2, 0.25) is 0 Å². The molecule has 0 radical (unpaired) electrons. The summed E-state index contributed by atoms with van der Waals surface area (Å²) in [7, 11) is 0. The van der Waals surface area contributed by atoms with Gasteiger partial charge in [0.05, 0.1) is 6.42 Å². The number of likely N-dealkylation sites (tertiary alicyclic amines) is 1. The summed E-state index contributed by atoms with van der Waals surface area (Å²) < 4.78 is 14.4. The Bertz CT molecular complexity index is 1020. The van der Waals surface area contributed by atoms with E-state index in [9.17, 15) is 14.0 Å². The second-order valence-electron chi connectivity index (χ2n) is 6.77. The smallest absolute Gasteiger partial charge is 0.272 e. The molecule has 2 aromatic heterocycles. The Morgan fingerprint density at radius 1 is 1.31 bits per heavy atom. The molecule has 1 fully saturated rings. The Labute approximate surface area is 149 Å². The molecule has 1 atom stereocenters. The number of carbonyl (C=O) groups excluding carboxylic acids is 1.